The second kappa shape index (κ2) is 4.92. The van der Waals surface area contributed by atoms with Crippen molar-refractivity contribution in [3.05, 3.63) is 17.6 Å². The van der Waals surface area contributed by atoms with Crippen LogP contribution in [0.4, 0.5) is 5.82 Å². The van der Waals surface area contributed by atoms with Gasteiger partial charge in [0.15, 0.2) is 0 Å². The highest BCUT2D eigenvalue weighted by molar-refractivity contribution is 5.92. The molecule has 23 heavy (non-hydrogen) atoms. The average molecular weight is 315 g/mol. The summed E-state index contributed by atoms with van der Waals surface area (Å²) < 4.78 is 5.58. The minimum absolute atomic E-state index is 0.124. The van der Waals surface area contributed by atoms with Crippen molar-refractivity contribution >= 4 is 22.8 Å². The number of primary amides is 1. The summed E-state index contributed by atoms with van der Waals surface area (Å²) in [5.41, 5.74) is 8.34. The Morgan fingerprint density at radius 2 is 2.30 bits per heavy atom. The van der Waals surface area contributed by atoms with Gasteiger partial charge in [-0.2, -0.15) is 0 Å². The topological polar surface area (TPSA) is 97.1 Å². The third kappa shape index (κ3) is 1.96. The number of anilines is 1. The molecule has 2 saturated heterocycles. The van der Waals surface area contributed by atoms with E-state index in [1.165, 1.54) is 0 Å². The third-order valence-corrected chi connectivity index (χ3v) is 5.57. The zero-order valence-electron chi connectivity index (χ0n) is 13.4. The number of amides is 1. The summed E-state index contributed by atoms with van der Waals surface area (Å²) in [5.74, 6) is 0.784. The number of carbonyl (C=O) groups is 1. The van der Waals surface area contributed by atoms with Crippen LogP contribution in [0.2, 0.25) is 0 Å². The lowest BCUT2D eigenvalue weighted by Gasteiger charge is -2.35. The van der Waals surface area contributed by atoms with Crippen molar-refractivity contribution < 1.29 is 9.53 Å². The van der Waals surface area contributed by atoms with E-state index in [9.17, 15) is 4.79 Å². The highest BCUT2D eigenvalue weighted by atomic mass is 16.5. The highest BCUT2D eigenvalue weighted by Gasteiger charge is 2.53. The first-order valence-corrected chi connectivity index (χ1v) is 7.95. The van der Waals surface area contributed by atoms with Gasteiger partial charge in [0.05, 0.1) is 17.4 Å². The Labute approximate surface area is 134 Å². The van der Waals surface area contributed by atoms with E-state index in [1.807, 2.05) is 6.92 Å². The van der Waals surface area contributed by atoms with Gasteiger partial charge in [-0.1, -0.05) is 0 Å². The Kier molecular flexibility index (Phi) is 3.09. The minimum atomic E-state index is -0.505. The van der Waals surface area contributed by atoms with Crippen molar-refractivity contribution in [3.63, 3.8) is 0 Å². The summed E-state index contributed by atoms with van der Waals surface area (Å²) in [7, 11) is 0. The van der Waals surface area contributed by atoms with Crippen molar-refractivity contribution in [3.8, 4) is 0 Å². The maximum atomic E-state index is 12.2. The van der Waals surface area contributed by atoms with Crippen LogP contribution in [0.3, 0.4) is 0 Å². The molecule has 2 atom stereocenters. The maximum Gasteiger partial charge on any atom is 0.225 e. The smallest absolute Gasteiger partial charge is 0.225 e. The van der Waals surface area contributed by atoms with E-state index in [0.29, 0.717) is 26.2 Å². The van der Waals surface area contributed by atoms with Crippen molar-refractivity contribution in [2.24, 2.45) is 17.1 Å². The van der Waals surface area contributed by atoms with Gasteiger partial charge in [-0.3, -0.25) is 4.79 Å². The second-order valence-electron chi connectivity index (χ2n) is 6.72. The molecular weight excluding hydrogens is 294 g/mol. The molecule has 2 aromatic heterocycles. The molecule has 7 nitrogen and oxygen atoms in total. The number of H-pyrrole nitrogens is 1. The van der Waals surface area contributed by atoms with Gasteiger partial charge >= 0.3 is 0 Å². The van der Waals surface area contributed by atoms with Crippen molar-refractivity contribution in [1.82, 2.24) is 15.0 Å². The van der Waals surface area contributed by atoms with Crippen molar-refractivity contribution in [1.29, 1.82) is 0 Å². The molecule has 0 aliphatic carbocycles. The molecule has 0 radical (unpaired) electrons. The molecule has 3 N–H and O–H groups in total. The van der Waals surface area contributed by atoms with Crippen LogP contribution in [0, 0.1) is 25.2 Å². The number of fused-ring (bicyclic) bond motifs is 2. The van der Waals surface area contributed by atoms with E-state index in [4.69, 9.17) is 10.5 Å². The zero-order valence-corrected chi connectivity index (χ0v) is 13.4. The van der Waals surface area contributed by atoms with Gasteiger partial charge in [-0.15, -0.1) is 0 Å². The lowest BCUT2D eigenvalue weighted by atomic mass is 9.74. The third-order valence-electron chi connectivity index (χ3n) is 5.57. The predicted molar refractivity (Wildman–Crippen MR) is 86.1 cm³/mol. The first-order valence-electron chi connectivity index (χ1n) is 7.95. The first-order chi connectivity index (χ1) is 11.0. The second-order valence-corrected chi connectivity index (χ2v) is 6.72. The zero-order chi connectivity index (χ0) is 16.2. The predicted octanol–water partition coefficient (Wildman–Crippen LogP) is 0.903. The molecule has 4 heterocycles. The monoisotopic (exact) mass is 315 g/mol. The number of aryl methyl sites for hydroxylation is 2. The number of hydrogen-bond donors (Lipinski definition) is 2. The summed E-state index contributed by atoms with van der Waals surface area (Å²) in [6.07, 6.45) is 2.26. The Hall–Kier alpha value is -2.15. The van der Waals surface area contributed by atoms with Gasteiger partial charge in [0, 0.05) is 31.3 Å². The molecule has 0 spiro atoms. The van der Waals surface area contributed by atoms with Crippen LogP contribution in [0.5, 0.6) is 0 Å². The SMILES string of the molecule is Cc1[nH]c2ncnc(N3C[C@@H]4COCC[C@]4(C(N)=O)C3)c2c1C. The van der Waals surface area contributed by atoms with Crippen LogP contribution in [0.15, 0.2) is 6.33 Å². The molecule has 1 amide bonds. The molecule has 0 aromatic carbocycles. The van der Waals surface area contributed by atoms with Crippen LogP contribution in [0.1, 0.15) is 17.7 Å². The van der Waals surface area contributed by atoms with Gasteiger partial charge in [-0.25, -0.2) is 9.97 Å². The summed E-state index contributed by atoms with van der Waals surface area (Å²) in [5, 5.41) is 1.03. The highest BCUT2D eigenvalue weighted by Crippen LogP contribution is 2.44. The summed E-state index contributed by atoms with van der Waals surface area (Å²) in [4.78, 5) is 26.5. The molecule has 0 saturated carbocycles. The molecule has 2 aliphatic rings. The Balaban J connectivity index is 1.79. The quantitative estimate of drug-likeness (QED) is 0.858. The van der Waals surface area contributed by atoms with E-state index in [-0.39, 0.29) is 11.8 Å². The molecule has 2 fully saturated rings. The molecule has 7 heteroatoms. The van der Waals surface area contributed by atoms with Gasteiger partial charge < -0.3 is 20.4 Å². The Morgan fingerprint density at radius 3 is 3.04 bits per heavy atom. The van der Waals surface area contributed by atoms with E-state index in [0.717, 1.165) is 34.7 Å². The standard InChI is InChI=1S/C16H21N5O2/c1-9-10(2)20-13-12(9)14(19-8-18-13)21-5-11-6-23-4-3-16(11,7-21)15(17)22/h8,11H,3-7H2,1-2H3,(H2,17,22)(H,18,19,20)/t11-,16+/m1/s1. The number of aromatic amines is 1. The molecule has 2 aromatic rings. The van der Waals surface area contributed by atoms with Crippen LogP contribution >= 0.6 is 0 Å². The summed E-state index contributed by atoms with van der Waals surface area (Å²) in [6.45, 7) is 6.61. The van der Waals surface area contributed by atoms with E-state index in [2.05, 4.69) is 26.8 Å². The van der Waals surface area contributed by atoms with Crippen molar-refractivity contribution in [2.75, 3.05) is 31.2 Å². The number of rotatable bonds is 2. The summed E-state index contributed by atoms with van der Waals surface area (Å²) in [6, 6.07) is 0. The molecule has 2 aliphatic heterocycles. The number of hydrogen-bond acceptors (Lipinski definition) is 5. The fraction of sp³-hybridized carbons (Fsp3) is 0.562. The Bertz CT molecular complexity index is 786. The summed E-state index contributed by atoms with van der Waals surface area (Å²) >= 11 is 0. The van der Waals surface area contributed by atoms with Crippen molar-refractivity contribution in [2.45, 2.75) is 20.3 Å². The molecular formula is C16H21N5O2. The number of aromatic nitrogens is 3. The number of nitrogens with two attached hydrogens (primary N) is 1. The number of carbonyl (C=O) groups excluding carboxylic acids is 1. The fourth-order valence-electron chi connectivity index (χ4n) is 4.03. The largest absolute Gasteiger partial charge is 0.381 e. The normalized spacial score (nSPS) is 27.4. The number of ether oxygens (including phenoxy) is 1. The van der Waals surface area contributed by atoms with Gasteiger partial charge in [0.1, 0.15) is 17.8 Å². The lowest BCUT2D eigenvalue weighted by molar-refractivity contribution is -0.135. The van der Waals surface area contributed by atoms with Gasteiger partial charge in [-0.05, 0) is 25.8 Å². The van der Waals surface area contributed by atoms with Gasteiger partial charge in [0.2, 0.25) is 5.91 Å². The molecule has 0 unspecified atom stereocenters. The number of nitrogens with zero attached hydrogens (tertiary/aromatic N) is 3. The minimum Gasteiger partial charge on any atom is -0.381 e. The maximum absolute atomic E-state index is 12.2. The average Bonchev–Trinajstić information content (AvgIpc) is 3.07. The van der Waals surface area contributed by atoms with Crippen LogP contribution in [-0.4, -0.2) is 47.2 Å². The van der Waals surface area contributed by atoms with Crippen LogP contribution < -0.4 is 10.6 Å². The lowest BCUT2D eigenvalue weighted by Crippen LogP contribution is -2.48. The molecule has 0 bridgehead atoms. The van der Waals surface area contributed by atoms with Crippen LogP contribution in [-0.2, 0) is 9.53 Å². The first kappa shape index (κ1) is 14.4. The number of nitrogens with one attached hydrogen (secondary N) is 1. The fourth-order valence-corrected chi connectivity index (χ4v) is 4.03. The molecule has 122 valence electrons. The van der Waals surface area contributed by atoms with E-state index >= 15 is 0 Å². The van der Waals surface area contributed by atoms with E-state index in [1.54, 1.807) is 6.33 Å². The molecule has 4 rings (SSSR count). The Morgan fingerprint density at radius 1 is 1.48 bits per heavy atom. The van der Waals surface area contributed by atoms with Crippen LogP contribution in [0.25, 0.3) is 11.0 Å². The van der Waals surface area contributed by atoms with E-state index < -0.39 is 5.41 Å². The van der Waals surface area contributed by atoms with Gasteiger partial charge in [0.25, 0.3) is 0 Å².